The largest absolute Gasteiger partial charge is 0.312 e. The summed E-state index contributed by atoms with van der Waals surface area (Å²) in [5, 5.41) is 3.32. The molecule has 0 amide bonds. The lowest BCUT2D eigenvalue weighted by molar-refractivity contribution is 0.653. The molecule has 56 valence electrons. The Kier molecular flexibility index (Phi) is 1.69. The molecule has 1 aromatic heterocycles. The van der Waals surface area contributed by atoms with E-state index in [0.29, 0.717) is 0 Å². The quantitative estimate of drug-likeness (QED) is 0.570. The Morgan fingerprint density at radius 2 is 2.55 bits per heavy atom. The fourth-order valence-electron chi connectivity index (χ4n) is 1.32. The first-order valence-corrected chi connectivity index (χ1v) is 4.50. The molecule has 1 nitrogen and oxygen atoms in total. The van der Waals surface area contributed by atoms with Gasteiger partial charge in [-0.2, -0.15) is 0 Å². The van der Waals surface area contributed by atoms with Gasteiger partial charge in [0.25, 0.3) is 0 Å². The van der Waals surface area contributed by atoms with E-state index in [0.717, 1.165) is 24.4 Å². The van der Waals surface area contributed by atoms with Crippen molar-refractivity contribution >= 4 is 11.3 Å². The van der Waals surface area contributed by atoms with Gasteiger partial charge in [0.2, 0.25) is 0 Å². The summed E-state index contributed by atoms with van der Waals surface area (Å²) in [6.07, 6.45) is 6.44. The van der Waals surface area contributed by atoms with Crippen LogP contribution in [-0.4, -0.2) is 6.54 Å². The number of fused-ring (bicyclic) bond motifs is 1. The van der Waals surface area contributed by atoms with Gasteiger partial charge in [-0.25, -0.2) is 0 Å². The van der Waals surface area contributed by atoms with Crippen LogP contribution in [0, 0.1) is 12.3 Å². The Hall–Kier alpha value is -0.780. The third-order valence-electron chi connectivity index (χ3n) is 1.88. The number of thiophene rings is 1. The van der Waals surface area contributed by atoms with E-state index in [1.807, 2.05) is 0 Å². The molecule has 0 fully saturated rings. The molecule has 0 radical (unpaired) electrons. The van der Waals surface area contributed by atoms with E-state index in [1.165, 1.54) is 10.4 Å². The Bertz CT molecular complexity index is 282. The van der Waals surface area contributed by atoms with Crippen molar-refractivity contribution < 1.29 is 0 Å². The van der Waals surface area contributed by atoms with Crippen molar-refractivity contribution in [2.45, 2.75) is 13.0 Å². The molecule has 0 saturated heterocycles. The number of terminal acetylenes is 1. The summed E-state index contributed by atoms with van der Waals surface area (Å²) in [6, 6.07) is 2.12. The van der Waals surface area contributed by atoms with E-state index in [2.05, 4.69) is 17.3 Å². The molecular formula is C9H9NS. The molecule has 0 atom stereocenters. The highest BCUT2D eigenvalue weighted by molar-refractivity contribution is 7.12. The van der Waals surface area contributed by atoms with Crippen molar-refractivity contribution in [3.63, 3.8) is 0 Å². The number of hydrogen-bond acceptors (Lipinski definition) is 2. The fourth-order valence-corrected chi connectivity index (χ4v) is 2.32. The maximum Gasteiger partial charge on any atom is 0.0772 e. The van der Waals surface area contributed by atoms with E-state index in [1.54, 1.807) is 11.3 Å². The van der Waals surface area contributed by atoms with E-state index in [-0.39, 0.29) is 0 Å². The van der Waals surface area contributed by atoms with E-state index in [9.17, 15) is 0 Å². The molecule has 1 N–H and O–H groups in total. The normalized spacial score (nSPS) is 15.5. The first-order valence-electron chi connectivity index (χ1n) is 3.69. The molecule has 0 aromatic carbocycles. The monoisotopic (exact) mass is 163 g/mol. The van der Waals surface area contributed by atoms with E-state index < -0.39 is 0 Å². The zero-order valence-corrected chi connectivity index (χ0v) is 7.00. The average Bonchev–Trinajstić information content (AvgIpc) is 2.46. The lowest BCUT2D eigenvalue weighted by atomic mass is 10.1. The number of nitrogens with one attached hydrogen (secondary N) is 1. The third-order valence-corrected chi connectivity index (χ3v) is 3.05. The van der Waals surface area contributed by atoms with Crippen LogP contribution in [0.25, 0.3) is 0 Å². The lowest BCUT2D eigenvalue weighted by Crippen LogP contribution is -2.21. The van der Waals surface area contributed by atoms with Gasteiger partial charge in [-0.15, -0.1) is 17.8 Å². The van der Waals surface area contributed by atoms with Crippen LogP contribution < -0.4 is 5.32 Å². The van der Waals surface area contributed by atoms with Crippen molar-refractivity contribution in [1.29, 1.82) is 0 Å². The van der Waals surface area contributed by atoms with Crippen LogP contribution in [0.1, 0.15) is 15.3 Å². The second-order valence-corrected chi connectivity index (χ2v) is 3.77. The highest BCUT2D eigenvalue weighted by atomic mass is 32.1. The molecule has 2 heterocycles. The molecule has 2 rings (SSSR count). The van der Waals surface area contributed by atoms with E-state index >= 15 is 0 Å². The van der Waals surface area contributed by atoms with Gasteiger partial charge in [0.1, 0.15) is 0 Å². The molecule has 0 unspecified atom stereocenters. The van der Waals surface area contributed by atoms with Crippen LogP contribution in [0.3, 0.4) is 0 Å². The van der Waals surface area contributed by atoms with Crippen LogP contribution in [0.4, 0.5) is 0 Å². The number of rotatable bonds is 0. The predicted molar refractivity (Wildman–Crippen MR) is 47.7 cm³/mol. The summed E-state index contributed by atoms with van der Waals surface area (Å²) in [5.74, 6) is 2.67. The maximum atomic E-state index is 5.30. The Labute approximate surface area is 70.4 Å². The molecule has 2 heteroatoms. The van der Waals surface area contributed by atoms with Gasteiger partial charge in [-0.05, 0) is 18.1 Å². The summed E-state index contributed by atoms with van der Waals surface area (Å²) in [7, 11) is 0. The van der Waals surface area contributed by atoms with Crippen molar-refractivity contribution in [2.75, 3.05) is 6.54 Å². The van der Waals surface area contributed by atoms with Gasteiger partial charge in [-0.3, -0.25) is 0 Å². The van der Waals surface area contributed by atoms with Gasteiger partial charge in [0, 0.05) is 18.0 Å². The standard InChI is InChI=1S/C9H9NS/c1-2-8-5-7-6-10-4-3-9(7)11-8/h1,5,10H,3-4,6H2. The van der Waals surface area contributed by atoms with Crippen LogP contribution >= 0.6 is 11.3 Å². The Balaban J connectivity index is 2.42. The summed E-state index contributed by atoms with van der Waals surface area (Å²) in [4.78, 5) is 2.54. The summed E-state index contributed by atoms with van der Waals surface area (Å²) >= 11 is 1.76. The van der Waals surface area contributed by atoms with Gasteiger partial charge < -0.3 is 5.32 Å². The van der Waals surface area contributed by atoms with Crippen molar-refractivity contribution in [2.24, 2.45) is 0 Å². The van der Waals surface area contributed by atoms with Gasteiger partial charge in [0.15, 0.2) is 0 Å². The molecule has 0 spiro atoms. The predicted octanol–water partition coefficient (Wildman–Crippen LogP) is 1.38. The number of hydrogen-bond donors (Lipinski definition) is 1. The average molecular weight is 163 g/mol. The summed E-state index contributed by atoms with van der Waals surface area (Å²) < 4.78 is 0. The van der Waals surface area contributed by atoms with Crippen molar-refractivity contribution in [3.05, 3.63) is 21.4 Å². The van der Waals surface area contributed by atoms with Gasteiger partial charge in [-0.1, -0.05) is 5.92 Å². The van der Waals surface area contributed by atoms with Crippen molar-refractivity contribution in [1.82, 2.24) is 5.32 Å². The third kappa shape index (κ3) is 1.18. The first-order chi connectivity index (χ1) is 5.40. The lowest BCUT2D eigenvalue weighted by Gasteiger charge is -2.10. The maximum absolute atomic E-state index is 5.30. The van der Waals surface area contributed by atoms with Crippen LogP contribution in [0.5, 0.6) is 0 Å². The molecule has 0 aliphatic carbocycles. The molecule has 1 aliphatic heterocycles. The second-order valence-electron chi connectivity index (χ2n) is 2.63. The van der Waals surface area contributed by atoms with E-state index in [4.69, 9.17) is 6.42 Å². The minimum atomic E-state index is 0.994. The Morgan fingerprint density at radius 3 is 3.27 bits per heavy atom. The molecule has 1 aliphatic rings. The topological polar surface area (TPSA) is 12.0 Å². The van der Waals surface area contributed by atoms with Gasteiger partial charge in [0.05, 0.1) is 4.88 Å². The minimum Gasteiger partial charge on any atom is -0.312 e. The molecule has 0 saturated carbocycles. The van der Waals surface area contributed by atoms with Crippen molar-refractivity contribution in [3.8, 4) is 12.3 Å². The smallest absolute Gasteiger partial charge is 0.0772 e. The summed E-state index contributed by atoms with van der Waals surface area (Å²) in [5.41, 5.74) is 1.40. The Morgan fingerprint density at radius 1 is 1.64 bits per heavy atom. The SMILES string of the molecule is C#Cc1cc2c(s1)CCNC2. The van der Waals surface area contributed by atoms with Crippen LogP contribution in [0.2, 0.25) is 0 Å². The minimum absolute atomic E-state index is 0.994. The molecule has 11 heavy (non-hydrogen) atoms. The van der Waals surface area contributed by atoms with Crippen LogP contribution in [-0.2, 0) is 13.0 Å². The highest BCUT2D eigenvalue weighted by Gasteiger charge is 2.11. The molecule has 0 bridgehead atoms. The van der Waals surface area contributed by atoms with Crippen LogP contribution in [0.15, 0.2) is 6.07 Å². The fraction of sp³-hybridized carbons (Fsp3) is 0.333. The second kappa shape index (κ2) is 2.69. The molecule has 1 aromatic rings. The zero-order chi connectivity index (χ0) is 7.68. The molecular weight excluding hydrogens is 154 g/mol. The summed E-state index contributed by atoms with van der Waals surface area (Å²) in [6.45, 7) is 2.09. The van der Waals surface area contributed by atoms with Gasteiger partial charge >= 0.3 is 0 Å². The first kappa shape index (κ1) is 6.90. The zero-order valence-electron chi connectivity index (χ0n) is 6.18. The highest BCUT2D eigenvalue weighted by Crippen LogP contribution is 2.24.